The normalized spacial score (nSPS) is 22.5. The molecule has 0 saturated heterocycles. The van der Waals surface area contributed by atoms with E-state index in [4.69, 9.17) is 5.11 Å². The van der Waals surface area contributed by atoms with Gasteiger partial charge >= 0.3 is 12.1 Å². The molecular weight excluding hydrogens is 363 g/mol. The predicted octanol–water partition coefficient (Wildman–Crippen LogP) is 4.20. The fourth-order valence-electron chi connectivity index (χ4n) is 2.77. The summed E-state index contributed by atoms with van der Waals surface area (Å²) in [4.78, 5) is 10.9. The van der Waals surface area contributed by atoms with Crippen molar-refractivity contribution in [2.24, 2.45) is 5.92 Å². The van der Waals surface area contributed by atoms with Crippen molar-refractivity contribution in [3.05, 3.63) is 33.8 Å². The van der Waals surface area contributed by atoms with E-state index < -0.39 is 17.7 Å². The molecule has 22 heavy (non-hydrogen) atoms. The second kappa shape index (κ2) is 7.00. The van der Waals surface area contributed by atoms with Crippen molar-refractivity contribution in [3.8, 4) is 0 Å². The van der Waals surface area contributed by atoms with Crippen LogP contribution in [0.15, 0.2) is 22.7 Å². The van der Waals surface area contributed by atoms with Crippen LogP contribution in [0.25, 0.3) is 0 Å². The van der Waals surface area contributed by atoms with Crippen molar-refractivity contribution >= 4 is 21.9 Å². The molecule has 2 rings (SSSR count). The number of rotatable bonds is 4. The topological polar surface area (TPSA) is 49.3 Å². The molecule has 1 aromatic carbocycles. The van der Waals surface area contributed by atoms with E-state index in [2.05, 4.69) is 21.2 Å². The summed E-state index contributed by atoms with van der Waals surface area (Å²) < 4.78 is 39.5. The van der Waals surface area contributed by atoms with E-state index in [9.17, 15) is 18.0 Å². The molecule has 3 nitrogen and oxygen atoms in total. The lowest BCUT2D eigenvalue weighted by atomic mass is 9.86. The average Bonchev–Trinajstić information content (AvgIpc) is 2.45. The summed E-state index contributed by atoms with van der Waals surface area (Å²) in [6.07, 6.45) is -1.90. The van der Waals surface area contributed by atoms with Crippen molar-refractivity contribution < 1.29 is 23.1 Å². The van der Waals surface area contributed by atoms with Crippen LogP contribution in [0.4, 0.5) is 13.2 Å². The summed E-state index contributed by atoms with van der Waals surface area (Å²) in [6.45, 7) is 0.129. The van der Waals surface area contributed by atoms with Crippen molar-refractivity contribution in [1.29, 1.82) is 0 Å². The molecule has 0 aliphatic heterocycles. The van der Waals surface area contributed by atoms with Crippen LogP contribution >= 0.6 is 15.9 Å². The summed E-state index contributed by atoms with van der Waals surface area (Å²) in [5.74, 6) is -1.11. The van der Waals surface area contributed by atoms with Crippen molar-refractivity contribution in [2.75, 3.05) is 0 Å². The number of halogens is 4. The molecule has 1 aliphatic carbocycles. The molecular formula is C15H17BrF3NO2. The van der Waals surface area contributed by atoms with Crippen LogP contribution in [0.1, 0.15) is 36.8 Å². The minimum atomic E-state index is -4.39. The lowest BCUT2D eigenvalue weighted by Crippen LogP contribution is -2.35. The van der Waals surface area contributed by atoms with E-state index in [0.717, 1.165) is 6.07 Å². The van der Waals surface area contributed by atoms with Gasteiger partial charge in [0.15, 0.2) is 0 Å². The summed E-state index contributed by atoms with van der Waals surface area (Å²) in [5.41, 5.74) is -0.440. The summed E-state index contributed by atoms with van der Waals surface area (Å²) >= 11 is 3.06. The highest BCUT2D eigenvalue weighted by Gasteiger charge is 2.33. The van der Waals surface area contributed by atoms with E-state index >= 15 is 0 Å². The largest absolute Gasteiger partial charge is 0.481 e. The Hall–Kier alpha value is -1.08. The van der Waals surface area contributed by atoms with Gasteiger partial charge in [0.25, 0.3) is 0 Å². The molecule has 0 aromatic heterocycles. The molecule has 2 N–H and O–H groups in total. The number of carboxylic acids is 1. The number of nitrogens with one attached hydrogen (secondary N) is 1. The number of alkyl halides is 3. The quantitative estimate of drug-likeness (QED) is 0.823. The van der Waals surface area contributed by atoms with Gasteiger partial charge in [-0.2, -0.15) is 13.2 Å². The highest BCUT2D eigenvalue weighted by molar-refractivity contribution is 9.10. The maximum atomic E-state index is 13.0. The zero-order chi connectivity index (χ0) is 16.3. The number of hydrogen-bond donors (Lipinski definition) is 2. The van der Waals surface area contributed by atoms with Crippen LogP contribution in [0, 0.1) is 5.92 Å². The van der Waals surface area contributed by atoms with Gasteiger partial charge in [0.1, 0.15) is 0 Å². The molecule has 0 unspecified atom stereocenters. The second-order valence-electron chi connectivity index (χ2n) is 5.57. The van der Waals surface area contributed by atoms with Gasteiger partial charge in [-0.15, -0.1) is 0 Å². The number of benzene rings is 1. The first-order valence-electron chi connectivity index (χ1n) is 7.09. The van der Waals surface area contributed by atoms with Crippen LogP contribution in [-0.4, -0.2) is 17.1 Å². The molecule has 0 radical (unpaired) electrons. The molecule has 1 saturated carbocycles. The van der Waals surface area contributed by atoms with Gasteiger partial charge in [0.2, 0.25) is 0 Å². The number of aliphatic carboxylic acids is 1. The van der Waals surface area contributed by atoms with E-state index in [1.165, 1.54) is 6.07 Å². The minimum absolute atomic E-state index is 0.0698. The van der Waals surface area contributed by atoms with E-state index in [1.807, 2.05) is 0 Å². The van der Waals surface area contributed by atoms with Gasteiger partial charge < -0.3 is 10.4 Å². The van der Waals surface area contributed by atoms with Crippen LogP contribution in [0.3, 0.4) is 0 Å². The third kappa shape index (κ3) is 4.46. The molecule has 1 fully saturated rings. The van der Waals surface area contributed by atoms with Crippen LogP contribution in [0.5, 0.6) is 0 Å². The molecule has 0 amide bonds. The SMILES string of the molecule is O=C(O)C1CCC(NCc2ccc(Br)cc2C(F)(F)F)CC1. The molecule has 1 aromatic rings. The van der Waals surface area contributed by atoms with E-state index in [0.29, 0.717) is 30.2 Å². The Morgan fingerprint density at radius 3 is 2.45 bits per heavy atom. The average molecular weight is 380 g/mol. The monoisotopic (exact) mass is 379 g/mol. The van der Waals surface area contributed by atoms with Gasteiger partial charge in [-0.3, -0.25) is 4.79 Å². The zero-order valence-electron chi connectivity index (χ0n) is 11.8. The van der Waals surface area contributed by atoms with E-state index in [1.54, 1.807) is 6.07 Å². The Balaban J connectivity index is 1.97. The maximum Gasteiger partial charge on any atom is 0.416 e. The molecule has 0 atom stereocenters. The summed E-state index contributed by atoms with van der Waals surface area (Å²) in [5, 5.41) is 12.1. The predicted molar refractivity (Wildman–Crippen MR) is 79.4 cm³/mol. The minimum Gasteiger partial charge on any atom is -0.481 e. The van der Waals surface area contributed by atoms with Gasteiger partial charge in [-0.05, 0) is 43.4 Å². The van der Waals surface area contributed by atoms with Crippen LogP contribution in [-0.2, 0) is 17.5 Å². The smallest absolute Gasteiger partial charge is 0.416 e. The van der Waals surface area contributed by atoms with Crippen LogP contribution in [0.2, 0.25) is 0 Å². The van der Waals surface area contributed by atoms with Gasteiger partial charge in [0.05, 0.1) is 11.5 Å². The van der Waals surface area contributed by atoms with Gasteiger partial charge in [-0.25, -0.2) is 0 Å². The first-order valence-corrected chi connectivity index (χ1v) is 7.88. The number of hydrogen-bond acceptors (Lipinski definition) is 2. The van der Waals surface area contributed by atoms with Crippen LogP contribution < -0.4 is 5.32 Å². The Morgan fingerprint density at radius 2 is 1.91 bits per heavy atom. The van der Waals surface area contributed by atoms with Gasteiger partial charge in [0, 0.05) is 17.1 Å². The number of carboxylic acid groups (broad SMARTS) is 1. The van der Waals surface area contributed by atoms with Crippen molar-refractivity contribution in [3.63, 3.8) is 0 Å². The maximum absolute atomic E-state index is 13.0. The molecule has 0 heterocycles. The third-order valence-corrected chi connectivity index (χ3v) is 4.53. The second-order valence-corrected chi connectivity index (χ2v) is 6.48. The highest BCUT2D eigenvalue weighted by atomic mass is 79.9. The first-order chi connectivity index (χ1) is 10.3. The van der Waals surface area contributed by atoms with E-state index in [-0.39, 0.29) is 24.1 Å². The Morgan fingerprint density at radius 1 is 1.27 bits per heavy atom. The Kier molecular flexibility index (Phi) is 5.50. The molecule has 1 aliphatic rings. The highest BCUT2D eigenvalue weighted by Crippen LogP contribution is 2.34. The van der Waals surface area contributed by atoms with Crippen molar-refractivity contribution in [1.82, 2.24) is 5.32 Å². The summed E-state index contributed by atoms with van der Waals surface area (Å²) in [6, 6.07) is 4.20. The zero-order valence-corrected chi connectivity index (χ0v) is 13.4. The standard InChI is InChI=1S/C15H17BrF3NO2/c16-11-4-1-10(13(7-11)15(17,18)19)8-20-12-5-2-9(3-6-12)14(21)22/h1,4,7,9,12,20H,2-3,5-6,8H2,(H,21,22). The molecule has 122 valence electrons. The fraction of sp³-hybridized carbons (Fsp3) is 0.533. The van der Waals surface area contributed by atoms with Gasteiger partial charge in [-0.1, -0.05) is 22.0 Å². The molecule has 0 spiro atoms. The lowest BCUT2D eigenvalue weighted by molar-refractivity contribution is -0.143. The first kappa shape index (κ1) is 17.3. The lowest BCUT2D eigenvalue weighted by Gasteiger charge is -2.27. The van der Waals surface area contributed by atoms with Crippen molar-refractivity contribution in [2.45, 2.75) is 44.4 Å². The summed E-state index contributed by atoms with van der Waals surface area (Å²) in [7, 11) is 0. The fourth-order valence-corrected chi connectivity index (χ4v) is 3.13. The third-order valence-electron chi connectivity index (χ3n) is 4.03. The number of carbonyl (C=O) groups is 1. The molecule has 7 heteroatoms. The Labute approximate surface area is 135 Å². The Bertz CT molecular complexity index is 540. The molecule has 0 bridgehead atoms.